The number of aryl methyl sites for hydroxylation is 1. The van der Waals surface area contributed by atoms with Crippen molar-refractivity contribution in [1.82, 2.24) is 9.88 Å². The number of rotatable bonds is 3. The standard InChI is InChI=1S/C17H14ClF2N3O2.C3H6O.C2H6/c1-10-2-3-11(4-13(10)19)7-22-8-16(25)23(9-15(22)24)17-14(20)5-12(18)6-21-17;1-2-4-3-1;1-2/h2-6H,7-9H2,1H3;1-3H2;1-2H3. The Hall–Kier alpha value is -2.58. The normalized spacial score (nSPS) is 15.4. The van der Waals surface area contributed by atoms with Crippen LogP contribution in [-0.2, 0) is 20.9 Å². The van der Waals surface area contributed by atoms with Crippen molar-refractivity contribution in [2.24, 2.45) is 0 Å². The summed E-state index contributed by atoms with van der Waals surface area (Å²) in [5.74, 6) is -2.23. The highest BCUT2D eigenvalue weighted by molar-refractivity contribution is 6.30. The van der Waals surface area contributed by atoms with Gasteiger partial charge in [-0.3, -0.25) is 14.5 Å². The van der Waals surface area contributed by atoms with Crippen LogP contribution in [0, 0.1) is 18.6 Å². The van der Waals surface area contributed by atoms with Crippen molar-refractivity contribution in [1.29, 1.82) is 0 Å². The number of halogens is 3. The average molecular weight is 454 g/mol. The number of carbonyl (C=O) groups is 2. The van der Waals surface area contributed by atoms with Gasteiger partial charge in [-0.15, -0.1) is 0 Å². The lowest BCUT2D eigenvalue weighted by molar-refractivity contribution is -0.138. The van der Waals surface area contributed by atoms with Gasteiger partial charge in [-0.2, -0.15) is 0 Å². The van der Waals surface area contributed by atoms with Gasteiger partial charge >= 0.3 is 0 Å². The van der Waals surface area contributed by atoms with Gasteiger partial charge in [-0.25, -0.2) is 13.8 Å². The number of ether oxygens (including phenoxy) is 1. The highest BCUT2D eigenvalue weighted by Crippen LogP contribution is 2.22. The highest BCUT2D eigenvalue weighted by Gasteiger charge is 2.33. The van der Waals surface area contributed by atoms with Gasteiger partial charge in [0.1, 0.15) is 18.9 Å². The molecule has 0 saturated carbocycles. The second-order valence-corrected chi connectivity index (χ2v) is 7.17. The van der Waals surface area contributed by atoms with Crippen molar-refractivity contribution in [2.45, 2.75) is 33.7 Å². The maximum atomic E-state index is 14.0. The molecule has 2 saturated heterocycles. The third-order valence-corrected chi connectivity index (χ3v) is 4.71. The minimum absolute atomic E-state index is 0.0973. The molecule has 2 amide bonds. The Balaban J connectivity index is 0.000000499. The number of nitrogens with zero attached hydrogens (tertiary/aromatic N) is 3. The minimum atomic E-state index is -0.775. The predicted molar refractivity (Wildman–Crippen MR) is 115 cm³/mol. The maximum Gasteiger partial charge on any atom is 0.248 e. The molecule has 2 fully saturated rings. The lowest BCUT2D eigenvalue weighted by Gasteiger charge is -2.33. The summed E-state index contributed by atoms with van der Waals surface area (Å²) in [6, 6.07) is 5.67. The number of hydrogen-bond donors (Lipinski definition) is 0. The van der Waals surface area contributed by atoms with Gasteiger partial charge in [0.15, 0.2) is 11.6 Å². The van der Waals surface area contributed by atoms with Crippen LogP contribution in [0.5, 0.6) is 0 Å². The van der Waals surface area contributed by atoms with E-state index in [1.165, 1.54) is 23.6 Å². The fraction of sp³-hybridized carbons (Fsp3) is 0.409. The van der Waals surface area contributed by atoms with Crippen LogP contribution in [0.25, 0.3) is 0 Å². The molecule has 4 rings (SSSR count). The summed E-state index contributed by atoms with van der Waals surface area (Å²) in [5.41, 5.74) is 1.08. The van der Waals surface area contributed by atoms with E-state index in [2.05, 4.69) is 4.98 Å². The molecular formula is C22H26ClF2N3O3. The zero-order valence-corrected chi connectivity index (χ0v) is 18.6. The van der Waals surface area contributed by atoms with Crippen molar-refractivity contribution in [3.05, 3.63) is 58.2 Å². The van der Waals surface area contributed by atoms with Crippen LogP contribution in [0.2, 0.25) is 5.02 Å². The number of hydrogen-bond acceptors (Lipinski definition) is 4. The van der Waals surface area contributed by atoms with E-state index in [1.54, 1.807) is 19.1 Å². The maximum absolute atomic E-state index is 14.0. The first-order valence-corrected chi connectivity index (χ1v) is 10.4. The molecule has 9 heteroatoms. The molecule has 3 heterocycles. The second-order valence-electron chi connectivity index (χ2n) is 6.74. The first kappa shape index (κ1) is 24.7. The summed E-state index contributed by atoms with van der Waals surface area (Å²) in [5, 5.41) is 0.0973. The Morgan fingerprint density at radius 2 is 1.71 bits per heavy atom. The topological polar surface area (TPSA) is 62.7 Å². The zero-order chi connectivity index (χ0) is 23.0. The summed E-state index contributed by atoms with van der Waals surface area (Å²) in [6.45, 7) is 7.17. The fourth-order valence-corrected chi connectivity index (χ4v) is 2.85. The third kappa shape index (κ3) is 6.70. The first-order valence-electron chi connectivity index (χ1n) is 10.1. The predicted octanol–water partition coefficient (Wildman–Crippen LogP) is 4.13. The smallest absolute Gasteiger partial charge is 0.248 e. The number of carbonyl (C=O) groups excluding carboxylic acids is 2. The molecular weight excluding hydrogens is 428 g/mol. The summed E-state index contributed by atoms with van der Waals surface area (Å²) >= 11 is 5.65. The third-order valence-electron chi connectivity index (χ3n) is 4.50. The van der Waals surface area contributed by atoms with Crippen LogP contribution in [-0.4, -0.2) is 48.0 Å². The Morgan fingerprint density at radius 3 is 2.26 bits per heavy atom. The van der Waals surface area contributed by atoms with Crippen molar-refractivity contribution in [3.8, 4) is 0 Å². The molecule has 6 nitrogen and oxygen atoms in total. The van der Waals surface area contributed by atoms with Crippen LogP contribution in [0.1, 0.15) is 31.4 Å². The SMILES string of the molecule is C1COC1.CC.Cc1ccc(CN2CC(=O)N(c3ncc(Cl)cc3F)CC2=O)cc1F. The molecule has 168 valence electrons. The van der Waals surface area contributed by atoms with Gasteiger partial charge in [0.05, 0.1) is 5.02 Å². The summed E-state index contributed by atoms with van der Waals surface area (Å²) in [7, 11) is 0. The molecule has 0 unspecified atom stereocenters. The van der Waals surface area contributed by atoms with Gasteiger partial charge in [0.25, 0.3) is 0 Å². The molecule has 1 aromatic heterocycles. The van der Waals surface area contributed by atoms with E-state index in [0.717, 1.165) is 24.2 Å². The van der Waals surface area contributed by atoms with Gasteiger partial charge in [0.2, 0.25) is 11.8 Å². The van der Waals surface area contributed by atoms with E-state index in [1.807, 2.05) is 13.8 Å². The van der Waals surface area contributed by atoms with Crippen LogP contribution in [0.4, 0.5) is 14.6 Å². The molecule has 31 heavy (non-hydrogen) atoms. The number of piperazine rings is 1. The molecule has 0 aliphatic carbocycles. The quantitative estimate of drug-likeness (QED) is 0.701. The van der Waals surface area contributed by atoms with Gasteiger partial charge < -0.3 is 9.64 Å². The molecule has 2 aliphatic heterocycles. The molecule has 0 atom stereocenters. The number of amides is 2. The Kier molecular flexibility index (Phi) is 9.33. The number of benzene rings is 1. The molecule has 2 aromatic rings. The van der Waals surface area contributed by atoms with Crippen molar-refractivity contribution >= 4 is 29.2 Å². The Bertz CT molecular complexity index is 919. The van der Waals surface area contributed by atoms with Gasteiger partial charge in [-0.1, -0.05) is 37.6 Å². The van der Waals surface area contributed by atoms with E-state index in [0.29, 0.717) is 11.1 Å². The van der Waals surface area contributed by atoms with E-state index in [4.69, 9.17) is 16.3 Å². The van der Waals surface area contributed by atoms with Crippen LogP contribution >= 0.6 is 11.6 Å². The van der Waals surface area contributed by atoms with Crippen LogP contribution in [0.15, 0.2) is 30.5 Å². The lowest BCUT2D eigenvalue weighted by atomic mass is 10.1. The first-order chi connectivity index (χ1) is 14.8. The minimum Gasteiger partial charge on any atom is -0.381 e. The van der Waals surface area contributed by atoms with Crippen molar-refractivity contribution in [3.63, 3.8) is 0 Å². The summed E-state index contributed by atoms with van der Waals surface area (Å²) in [6.07, 6.45) is 2.49. The van der Waals surface area contributed by atoms with Crippen LogP contribution < -0.4 is 4.90 Å². The van der Waals surface area contributed by atoms with E-state index < -0.39 is 11.7 Å². The monoisotopic (exact) mass is 453 g/mol. The van der Waals surface area contributed by atoms with Gasteiger partial charge in [-0.05, 0) is 36.6 Å². The molecule has 0 N–H and O–H groups in total. The Labute approximate surface area is 185 Å². The zero-order valence-electron chi connectivity index (χ0n) is 17.8. The highest BCUT2D eigenvalue weighted by atomic mass is 35.5. The molecule has 0 radical (unpaired) electrons. The molecule has 0 spiro atoms. The number of anilines is 1. The fourth-order valence-electron chi connectivity index (χ4n) is 2.70. The van der Waals surface area contributed by atoms with Crippen LogP contribution in [0.3, 0.4) is 0 Å². The van der Waals surface area contributed by atoms with Crippen molar-refractivity contribution in [2.75, 3.05) is 31.2 Å². The van der Waals surface area contributed by atoms with E-state index >= 15 is 0 Å². The number of pyridine rings is 1. The summed E-state index contributed by atoms with van der Waals surface area (Å²) in [4.78, 5) is 30.7. The van der Waals surface area contributed by atoms with E-state index in [-0.39, 0.29) is 42.2 Å². The summed E-state index contributed by atoms with van der Waals surface area (Å²) < 4.78 is 32.3. The van der Waals surface area contributed by atoms with E-state index in [9.17, 15) is 18.4 Å². The lowest BCUT2D eigenvalue weighted by Crippen LogP contribution is -2.54. The molecule has 0 bridgehead atoms. The molecule has 2 aliphatic rings. The average Bonchev–Trinajstić information content (AvgIpc) is 2.68. The van der Waals surface area contributed by atoms with Gasteiger partial charge in [0, 0.05) is 26.0 Å². The second kappa shape index (κ2) is 11.7. The number of aromatic nitrogens is 1. The largest absolute Gasteiger partial charge is 0.381 e. The van der Waals surface area contributed by atoms with Crippen molar-refractivity contribution < 1.29 is 23.1 Å². The molecule has 1 aromatic carbocycles. The Morgan fingerprint density at radius 1 is 1.06 bits per heavy atom.